The molecule has 6 rings (SSSR count). The molecule has 0 spiro atoms. The number of hydrogen-bond donors (Lipinski definition) is 1. The van der Waals surface area contributed by atoms with Gasteiger partial charge in [0.05, 0.1) is 32.4 Å². The SMILES string of the molecule is CCCOc1ccc(C2/C(=C(/O)c3ccc(OC)c(OC)c3)C(=O)C(=O)N2c2nnc(SCc3cccc4ccccc34)s2)cc1. The van der Waals surface area contributed by atoms with Crippen molar-refractivity contribution in [2.45, 2.75) is 29.5 Å². The average Bonchev–Trinajstić information content (AvgIpc) is 3.67. The summed E-state index contributed by atoms with van der Waals surface area (Å²) in [6.07, 6.45) is 0.852. The second kappa shape index (κ2) is 13.6. The summed E-state index contributed by atoms with van der Waals surface area (Å²) in [5.74, 6) is 0.159. The van der Waals surface area contributed by atoms with Crippen LogP contribution in [0.15, 0.2) is 94.8 Å². The van der Waals surface area contributed by atoms with Crippen LogP contribution in [0.25, 0.3) is 16.5 Å². The molecule has 234 valence electrons. The largest absolute Gasteiger partial charge is 0.507 e. The summed E-state index contributed by atoms with van der Waals surface area (Å²) in [4.78, 5) is 28.7. The van der Waals surface area contributed by atoms with Crippen LogP contribution < -0.4 is 19.1 Å². The van der Waals surface area contributed by atoms with Crippen LogP contribution in [0.2, 0.25) is 0 Å². The molecule has 1 fully saturated rings. The predicted octanol–water partition coefficient (Wildman–Crippen LogP) is 7.42. The molecule has 11 heteroatoms. The first-order valence-electron chi connectivity index (χ1n) is 14.6. The number of benzene rings is 4. The Balaban J connectivity index is 1.37. The van der Waals surface area contributed by atoms with Crippen molar-refractivity contribution in [3.05, 3.63) is 107 Å². The standard InChI is InChI=1S/C35H31N3O6S2/c1-4-18-44-25-15-12-22(13-16-25)30-29(31(39)23-14-17-27(42-2)28(19-23)43-3)32(40)33(41)38(30)34-36-37-35(46-34)45-20-24-10-7-9-21-8-5-6-11-26(21)24/h5-17,19,30,39H,4,18,20H2,1-3H3/b31-29-. The van der Waals surface area contributed by atoms with Crippen LogP contribution in [0.1, 0.15) is 36.1 Å². The molecule has 1 aliphatic heterocycles. The average molecular weight is 654 g/mol. The molecule has 0 saturated carbocycles. The van der Waals surface area contributed by atoms with Crippen LogP contribution in [0.4, 0.5) is 5.13 Å². The minimum Gasteiger partial charge on any atom is -0.507 e. The number of amides is 1. The number of rotatable bonds is 11. The molecule has 4 aromatic carbocycles. The van der Waals surface area contributed by atoms with Gasteiger partial charge in [-0.25, -0.2) is 0 Å². The first-order chi connectivity index (χ1) is 22.4. The number of methoxy groups -OCH3 is 2. The van der Waals surface area contributed by atoms with Gasteiger partial charge in [-0.1, -0.05) is 84.6 Å². The first-order valence-corrected chi connectivity index (χ1v) is 16.4. The molecule has 0 bridgehead atoms. The number of hydrogen-bond acceptors (Lipinski definition) is 10. The summed E-state index contributed by atoms with van der Waals surface area (Å²) < 4.78 is 17.1. The Morgan fingerprint density at radius 2 is 1.70 bits per heavy atom. The Morgan fingerprint density at radius 1 is 0.935 bits per heavy atom. The third-order valence-corrected chi connectivity index (χ3v) is 9.71. The lowest BCUT2D eigenvalue weighted by atomic mass is 9.95. The second-order valence-electron chi connectivity index (χ2n) is 10.4. The third-order valence-electron chi connectivity index (χ3n) is 7.60. The Kier molecular flexibility index (Phi) is 9.23. The fourth-order valence-electron chi connectivity index (χ4n) is 5.37. The van der Waals surface area contributed by atoms with E-state index < -0.39 is 17.7 Å². The van der Waals surface area contributed by atoms with Gasteiger partial charge in [-0.3, -0.25) is 14.5 Å². The Bertz CT molecular complexity index is 1930. The van der Waals surface area contributed by atoms with Gasteiger partial charge in [0.15, 0.2) is 15.8 Å². The Hall–Kier alpha value is -4.87. The van der Waals surface area contributed by atoms with Gasteiger partial charge >= 0.3 is 5.91 Å². The Morgan fingerprint density at radius 3 is 2.46 bits per heavy atom. The van der Waals surface area contributed by atoms with Gasteiger partial charge in [0.25, 0.3) is 5.78 Å². The molecule has 2 heterocycles. The van der Waals surface area contributed by atoms with Crippen molar-refractivity contribution in [3.8, 4) is 17.2 Å². The van der Waals surface area contributed by atoms with E-state index in [0.29, 0.717) is 45.1 Å². The maximum atomic E-state index is 13.7. The van der Waals surface area contributed by atoms with E-state index in [1.807, 2.05) is 25.1 Å². The number of aliphatic hydroxyl groups is 1. The van der Waals surface area contributed by atoms with Crippen molar-refractivity contribution in [3.63, 3.8) is 0 Å². The first kappa shape index (κ1) is 31.1. The van der Waals surface area contributed by atoms with Gasteiger partial charge in [-0.05, 0) is 58.7 Å². The van der Waals surface area contributed by atoms with Gasteiger partial charge in [0.1, 0.15) is 11.5 Å². The van der Waals surface area contributed by atoms with Crippen molar-refractivity contribution in [2.75, 3.05) is 25.7 Å². The number of nitrogens with zero attached hydrogens (tertiary/aromatic N) is 3. The molecule has 0 aliphatic carbocycles. The minimum absolute atomic E-state index is 0.0698. The van der Waals surface area contributed by atoms with Crippen molar-refractivity contribution in [1.82, 2.24) is 10.2 Å². The maximum Gasteiger partial charge on any atom is 0.301 e. The van der Waals surface area contributed by atoms with Gasteiger partial charge < -0.3 is 19.3 Å². The summed E-state index contributed by atoms with van der Waals surface area (Å²) in [5.41, 5.74) is 1.98. The van der Waals surface area contributed by atoms with Gasteiger partial charge in [-0.15, -0.1) is 10.2 Å². The lowest BCUT2D eigenvalue weighted by Gasteiger charge is -2.23. The lowest BCUT2D eigenvalue weighted by Crippen LogP contribution is -2.29. The summed E-state index contributed by atoms with van der Waals surface area (Å²) in [5, 5.41) is 22.9. The number of carbonyl (C=O) groups excluding carboxylic acids is 2. The number of anilines is 1. The number of ketones is 1. The highest BCUT2D eigenvalue weighted by Crippen LogP contribution is 2.45. The van der Waals surface area contributed by atoms with E-state index in [1.54, 1.807) is 42.5 Å². The topological polar surface area (TPSA) is 111 Å². The fourth-order valence-corrected chi connectivity index (χ4v) is 7.24. The molecular formula is C35H31N3O6S2. The monoisotopic (exact) mass is 653 g/mol. The maximum absolute atomic E-state index is 13.7. The summed E-state index contributed by atoms with van der Waals surface area (Å²) in [7, 11) is 2.99. The number of Topliss-reactive ketones (excluding diaryl/α,β-unsaturated/α-hetero) is 1. The molecular weight excluding hydrogens is 623 g/mol. The molecule has 1 atom stereocenters. The van der Waals surface area contributed by atoms with Crippen LogP contribution in [-0.2, 0) is 15.3 Å². The van der Waals surface area contributed by atoms with E-state index in [-0.39, 0.29) is 16.5 Å². The highest BCUT2D eigenvalue weighted by molar-refractivity contribution is 8.00. The third kappa shape index (κ3) is 6.03. The van der Waals surface area contributed by atoms with E-state index in [9.17, 15) is 14.7 Å². The van der Waals surface area contributed by atoms with E-state index >= 15 is 0 Å². The number of aliphatic hydroxyl groups excluding tert-OH is 1. The van der Waals surface area contributed by atoms with Crippen LogP contribution in [0, 0.1) is 0 Å². The van der Waals surface area contributed by atoms with Crippen molar-refractivity contribution >= 4 is 56.5 Å². The van der Waals surface area contributed by atoms with E-state index in [2.05, 4.69) is 34.5 Å². The van der Waals surface area contributed by atoms with Crippen LogP contribution in [0.3, 0.4) is 0 Å². The Labute approximate surface area is 274 Å². The number of thioether (sulfide) groups is 1. The van der Waals surface area contributed by atoms with Crippen molar-refractivity contribution in [1.29, 1.82) is 0 Å². The zero-order valence-electron chi connectivity index (χ0n) is 25.4. The zero-order chi connectivity index (χ0) is 32.2. The van der Waals surface area contributed by atoms with E-state index in [4.69, 9.17) is 14.2 Å². The number of carbonyl (C=O) groups is 2. The van der Waals surface area contributed by atoms with Gasteiger partial charge in [-0.2, -0.15) is 0 Å². The van der Waals surface area contributed by atoms with Crippen molar-refractivity contribution in [2.24, 2.45) is 0 Å². The molecule has 5 aromatic rings. The summed E-state index contributed by atoms with van der Waals surface area (Å²) in [6, 6.07) is 25.4. The van der Waals surface area contributed by atoms with Crippen LogP contribution >= 0.6 is 23.1 Å². The smallest absolute Gasteiger partial charge is 0.301 e. The fraction of sp³-hybridized carbons (Fsp3) is 0.200. The number of fused-ring (bicyclic) bond motifs is 1. The molecule has 46 heavy (non-hydrogen) atoms. The molecule has 1 unspecified atom stereocenters. The van der Waals surface area contributed by atoms with Gasteiger partial charge in [0.2, 0.25) is 5.13 Å². The van der Waals surface area contributed by atoms with Crippen molar-refractivity contribution < 1.29 is 28.9 Å². The molecule has 1 saturated heterocycles. The molecule has 1 amide bonds. The zero-order valence-corrected chi connectivity index (χ0v) is 27.1. The number of ether oxygens (including phenoxy) is 3. The predicted molar refractivity (Wildman–Crippen MR) is 180 cm³/mol. The summed E-state index contributed by atoms with van der Waals surface area (Å²) in [6.45, 7) is 2.58. The normalized spacial score (nSPS) is 15.8. The lowest BCUT2D eigenvalue weighted by molar-refractivity contribution is -0.132. The second-order valence-corrected chi connectivity index (χ2v) is 12.6. The molecule has 1 aliphatic rings. The molecule has 1 N–H and O–H groups in total. The minimum atomic E-state index is -0.961. The highest BCUT2D eigenvalue weighted by Gasteiger charge is 2.48. The van der Waals surface area contributed by atoms with E-state index in [1.165, 1.54) is 42.2 Å². The van der Waals surface area contributed by atoms with Crippen LogP contribution in [0.5, 0.6) is 17.2 Å². The quantitative estimate of drug-likeness (QED) is 0.0512. The molecule has 0 radical (unpaired) electrons. The molecule has 9 nitrogen and oxygen atoms in total. The summed E-state index contributed by atoms with van der Waals surface area (Å²) >= 11 is 2.73. The number of aromatic nitrogens is 2. The van der Waals surface area contributed by atoms with Crippen LogP contribution in [-0.4, -0.2) is 47.8 Å². The molecule has 1 aromatic heterocycles. The highest BCUT2D eigenvalue weighted by atomic mass is 32.2. The van der Waals surface area contributed by atoms with Gasteiger partial charge in [0, 0.05) is 11.3 Å². The van der Waals surface area contributed by atoms with E-state index in [0.717, 1.165) is 22.8 Å².